The first-order chi connectivity index (χ1) is 11.9. The smallest absolute Gasteiger partial charge is 0.264 e. The Kier molecular flexibility index (Phi) is 4.45. The van der Waals surface area contributed by atoms with Gasteiger partial charge in [0, 0.05) is 19.4 Å². The van der Waals surface area contributed by atoms with Gasteiger partial charge in [-0.3, -0.25) is 28.9 Å². The highest BCUT2D eigenvalue weighted by molar-refractivity contribution is 6.21. The molecule has 2 heterocycles. The first-order valence-corrected chi connectivity index (χ1v) is 7.94. The zero-order chi connectivity index (χ0) is 18.1. The molecule has 1 N–H and O–H groups in total. The molecule has 0 spiro atoms. The fourth-order valence-corrected chi connectivity index (χ4v) is 2.98. The highest BCUT2D eigenvalue weighted by Gasteiger charge is 2.38. The van der Waals surface area contributed by atoms with E-state index in [9.17, 15) is 29.1 Å². The number of hydrogen-bond donors (Lipinski definition) is 1. The van der Waals surface area contributed by atoms with Crippen molar-refractivity contribution in [1.29, 1.82) is 0 Å². The number of benzene rings is 1. The molecule has 5 amide bonds. The minimum Gasteiger partial charge on any atom is -0.383 e. The summed E-state index contributed by atoms with van der Waals surface area (Å²) in [6.07, 6.45) is -1.49. The molecule has 130 valence electrons. The number of nitrogens with zero attached hydrogens (tertiary/aromatic N) is 2. The van der Waals surface area contributed by atoms with Crippen LogP contribution in [0.2, 0.25) is 0 Å². The van der Waals surface area contributed by atoms with Crippen molar-refractivity contribution in [3.8, 4) is 0 Å². The maximum Gasteiger partial charge on any atom is 0.264 e. The van der Waals surface area contributed by atoms with Gasteiger partial charge in [-0.2, -0.15) is 0 Å². The number of fused-ring (bicyclic) bond motifs is 1. The standard InChI is InChI=1S/C17H16N2O6/c20-12(17(25)19-13(21)7-8-14(19)22)6-3-9-18-15(23)10-4-1-2-5-11(10)16(18)24/h1-2,4-5,12,20H,3,6-9H2/t12-/m0/s1. The Morgan fingerprint density at radius 2 is 1.52 bits per heavy atom. The molecule has 0 radical (unpaired) electrons. The quantitative estimate of drug-likeness (QED) is 0.758. The van der Waals surface area contributed by atoms with Crippen molar-refractivity contribution in [2.75, 3.05) is 6.54 Å². The second-order valence-electron chi connectivity index (χ2n) is 5.93. The number of carbonyl (C=O) groups excluding carboxylic acids is 5. The molecule has 8 heteroatoms. The number of carbonyl (C=O) groups is 5. The van der Waals surface area contributed by atoms with Crippen molar-refractivity contribution >= 4 is 29.5 Å². The zero-order valence-electron chi connectivity index (χ0n) is 13.3. The molecule has 0 unspecified atom stereocenters. The van der Waals surface area contributed by atoms with Crippen LogP contribution in [-0.2, 0) is 14.4 Å². The molecule has 0 aromatic heterocycles. The van der Waals surface area contributed by atoms with E-state index in [1.54, 1.807) is 24.3 Å². The fraction of sp³-hybridized carbons (Fsp3) is 0.353. The predicted octanol–water partition coefficient (Wildman–Crippen LogP) is 0.0993. The van der Waals surface area contributed by atoms with E-state index in [0.29, 0.717) is 16.0 Å². The third-order valence-corrected chi connectivity index (χ3v) is 4.29. The summed E-state index contributed by atoms with van der Waals surface area (Å²) in [5, 5.41) is 9.91. The van der Waals surface area contributed by atoms with E-state index in [1.807, 2.05) is 0 Å². The summed E-state index contributed by atoms with van der Waals surface area (Å²) in [6, 6.07) is 6.47. The van der Waals surface area contributed by atoms with Gasteiger partial charge in [-0.1, -0.05) is 12.1 Å². The molecular formula is C17H16N2O6. The molecule has 0 aliphatic carbocycles. The van der Waals surface area contributed by atoms with Crippen molar-refractivity contribution in [2.45, 2.75) is 31.8 Å². The lowest BCUT2D eigenvalue weighted by Crippen LogP contribution is -2.42. The predicted molar refractivity (Wildman–Crippen MR) is 83.1 cm³/mol. The van der Waals surface area contributed by atoms with Gasteiger partial charge >= 0.3 is 0 Å². The minimum atomic E-state index is -1.53. The van der Waals surface area contributed by atoms with Gasteiger partial charge in [-0.15, -0.1) is 0 Å². The molecule has 0 saturated carbocycles. The second kappa shape index (κ2) is 6.56. The number of rotatable bonds is 5. The Bertz CT molecular complexity index is 736. The topological polar surface area (TPSA) is 112 Å². The number of aliphatic hydroxyl groups excluding tert-OH is 1. The lowest BCUT2D eigenvalue weighted by molar-refractivity contribution is -0.154. The number of imide groups is 4. The van der Waals surface area contributed by atoms with Crippen LogP contribution in [0.3, 0.4) is 0 Å². The number of hydrogen-bond acceptors (Lipinski definition) is 6. The first kappa shape index (κ1) is 17.0. The number of likely N-dealkylation sites (tertiary alicyclic amines) is 1. The molecule has 1 aromatic rings. The van der Waals surface area contributed by atoms with Crippen LogP contribution in [-0.4, -0.2) is 57.1 Å². The van der Waals surface area contributed by atoms with E-state index in [2.05, 4.69) is 0 Å². The molecule has 2 aliphatic rings. The second-order valence-corrected chi connectivity index (χ2v) is 5.93. The van der Waals surface area contributed by atoms with Gasteiger partial charge in [0.15, 0.2) is 0 Å². The zero-order valence-corrected chi connectivity index (χ0v) is 13.3. The highest BCUT2D eigenvalue weighted by atomic mass is 16.3. The van der Waals surface area contributed by atoms with E-state index in [0.717, 1.165) is 4.90 Å². The summed E-state index contributed by atoms with van der Waals surface area (Å²) in [7, 11) is 0. The van der Waals surface area contributed by atoms with Crippen LogP contribution in [0.25, 0.3) is 0 Å². The molecule has 25 heavy (non-hydrogen) atoms. The van der Waals surface area contributed by atoms with Crippen LogP contribution >= 0.6 is 0 Å². The molecule has 3 rings (SSSR count). The first-order valence-electron chi connectivity index (χ1n) is 7.94. The summed E-state index contributed by atoms with van der Waals surface area (Å²) >= 11 is 0. The molecule has 1 saturated heterocycles. The van der Waals surface area contributed by atoms with Gasteiger partial charge in [-0.05, 0) is 25.0 Å². The summed E-state index contributed by atoms with van der Waals surface area (Å²) in [5.41, 5.74) is 0.662. The Labute approximate surface area is 143 Å². The molecule has 8 nitrogen and oxygen atoms in total. The lowest BCUT2D eigenvalue weighted by atomic mass is 10.1. The van der Waals surface area contributed by atoms with Crippen molar-refractivity contribution in [1.82, 2.24) is 9.80 Å². The van der Waals surface area contributed by atoms with Crippen LogP contribution in [0.5, 0.6) is 0 Å². The van der Waals surface area contributed by atoms with E-state index in [-0.39, 0.29) is 32.2 Å². The van der Waals surface area contributed by atoms with Gasteiger partial charge < -0.3 is 5.11 Å². The maximum absolute atomic E-state index is 12.2. The average Bonchev–Trinajstić information content (AvgIpc) is 3.06. The lowest BCUT2D eigenvalue weighted by Gasteiger charge is -2.18. The van der Waals surface area contributed by atoms with Crippen molar-refractivity contribution in [2.24, 2.45) is 0 Å². The normalized spacial score (nSPS) is 18.1. The Balaban J connectivity index is 1.56. The summed E-state index contributed by atoms with van der Waals surface area (Å²) in [4.78, 5) is 60.9. The monoisotopic (exact) mass is 344 g/mol. The summed E-state index contributed by atoms with van der Waals surface area (Å²) in [5.74, 6) is -3.00. The van der Waals surface area contributed by atoms with Gasteiger partial charge in [0.05, 0.1) is 11.1 Å². The molecule has 1 fully saturated rings. The molecule has 1 atom stereocenters. The molecule has 1 aromatic carbocycles. The van der Waals surface area contributed by atoms with Crippen molar-refractivity contribution in [3.63, 3.8) is 0 Å². The van der Waals surface area contributed by atoms with Gasteiger partial charge in [0.2, 0.25) is 11.8 Å². The molecule has 2 aliphatic heterocycles. The molecule has 0 bridgehead atoms. The van der Waals surface area contributed by atoms with Crippen LogP contribution in [0.1, 0.15) is 46.4 Å². The van der Waals surface area contributed by atoms with E-state index < -0.39 is 35.6 Å². The summed E-state index contributed by atoms with van der Waals surface area (Å²) in [6.45, 7) is 0.0403. The van der Waals surface area contributed by atoms with E-state index >= 15 is 0 Å². The molecular weight excluding hydrogens is 328 g/mol. The van der Waals surface area contributed by atoms with Gasteiger partial charge in [-0.25, -0.2) is 4.90 Å². The van der Waals surface area contributed by atoms with Crippen LogP contribution in [0.4, 0.5) is 0 Å². The van der Waals surface area contributed by atoms with E-state index in [1.165, 1.54) is 0 Å². The largest absolute Gasteiger partial charge is 0.383 e. The Morgan fingerprint density at radius 3 is 2.04 bits per heavy atom. The SMILES string of the molecule is O=C1c2ccccc2C(=O)N1CCC[C@H](O)C(=O)N1C(=O)CCC1=O. The van der Waals surface area contributed by atoms with Gasteiger partial charge in [0.25, 0.3) is 17.7 Å². The minimum absolute atomic E-state index is 0.0354. The highest BCUT2D eigenvalue weighted by Crippen LogP contribution is 2.23. The Hall–Kier alpha value is -2.87. The van der Waals surface area contributed by atoms with Crippen LogP contribution in [0.15, 0.2) is 24.3 Å². The van der Waals surface area contributed by atoms with Crippen molar-refractivity contribution < 1.29 is 29.1 Å². The van der Waals surface area contributed by atoms with E-state index in [4.69, 9.17) is 0 Å². The third-order valence-electron chi connectivity index (χ3n) is 4.29. The maximum atomic E-state index is 12.2. The van der Waals surface area contributed by atoms with Crippen LogP contribution in [0, 0.1) is 0 Å². The Morgan fingerprint density at radius 1 is 1.00 bits per heavy atom. The van der Waals surface area contributed by atoms with Crippen LogP contribution < -0.4 is 0 Å². The van der Waals surface area contributed by atoms with Crippen molar-refractivity contribution in [3.05, 3.63) is 35.4 Å². The summed E-state index contributed by atoms with van der Waals surface area (Å²) < 4.78 is 0. The van der Waals surface area contributed by atoms with Gasteiger partial charge in [0.1, 0.15) is 6.10 Å². The third kappa shape index (κ3) is 2.96. The average molecular weight is 344 g/mol. The fourth-order valence-electron chi connectivity index (χ4n) is 2.98. The number of amides is 5. The number of aliphatic hydroxyl groups is 1.